The molecule has 6 nitrogen and oxygen atoms in total. The van der Waals surface area contributed by atoms with Crippen LogP contribution in [0.4, 0.5) is 5.69 Å². The van der Waals surface area contributed by atoms with Gasteiger partial charge < -0.3 is 0 Å². The molecule has 0 heterocycles. The number of nitrogens with zero attached hydrogens (tertiary/aromatic N) is 2. The first-order valence-electron chi connectivity index (χ1n) is 8.88. The Morgan fingerprint density at radius 1 is 1.00 bits per heavy atom. The van der Waals surface area contributed by atoms with Crippen molar-refractivity contribution >= 4 is 73.6 Å². The van der Waals surface area contributed by atoms with Crippen LogP contribution >= 0.6 is 45.8 Å². The average molecular weight is 588 g/mol. The molecule has 0 fully saturated rings. The van der Waals surface area contributed by atoms with E-state index in [9.17, 15) is 13.2 Å². The second kappa shape index (κ2) is 10.4. The van der Waals surface area contributed by atoms with Gasteiger partial charge in [0.15, 0.2) is 0 Å². The van der Waals surface area contributed by atoms with Gasteiger partial charge in [-0.05, 0) is 70.6 Å². The second-order valence-corrected chi connectivity index (χ2v) is 10.2. The summed E-state index contributed by atoms with van der Waals surface area (Å²) in [7, 11) is -4.04. The minimum Gasteiger partial charge on any atom is -0.271 e. The molecule has 160 valence electrons. The molecule has 0 aromatic heterocycles. The summed E-state index contributed by atoms with van der Waals surface area (Å²) in [5.41, 5.74) is 3.35. The summed E-state index contributed by atoms with van der Waals surface area (Å²) < 4.78 is 28.5. The molecule has 0 aliphatic rings. The fraction of sp³-hybridized carbons (Fsp3) is 0.0476. The molecule has 0 atom stereocenters. The third kappa shape index (κ3) is 6.19. The van der Waals surface area contributed by atoms with Crippen LogP contribution in [0.5, 0.6) is 0 Å². The number of rotatable bonds is 7. The van der Waals surface area contributed by atoms with Crippen molar-refractivity contribution in [2.45, 2.75) is 4.90 Å². The van der Waals surface area contributed by atoms with Crippen LogP contribution in [0.1, 0.15) is 5.56 Å². The number of carbonyl (C=O) groups is 1. The summed E-state index contributed by atoms with van der Waals surface area (Å²) >= 11 is 14.2. The lowest BCUT2D eigenvalue weighted by atomic mass is 10.2. The van der Waals surface area contributed by atoms with E-state index in [0.717, 1.165) is 13.4 Å². The molecule has 1 amide bonds. The SMILES string of the molecule is O=C(CN(c1ccc(Cl)c(Cl)c1)S(=O)(=O)c1ccccc1)N/N=C/c1ccc(I)cc1. The van der Waals surface area contributed by atoms with Crippen molar-refractivity contribution in [1.29, 1.82) is 0 Å². The molecule has 0 unspecified atom stereocenters. The van der Waals surface area contributed by atoms with Gasteiger partial charge in [0, 0.05) is 3.57 Å². The molecule has 0 aliphatic heterocycles. The molecule has 3 rings (SSSR count). The quantitative estimate of drug-likeness (QED) is 0.241. The van der Waals surface area contributed by atoms with Gasteiger partial charge in [-0.2, -0.15) is 5.10 Å². The normalized spacial score (nSPS) is 11.5. The van der Waals surface area contributed by atoms with Gasteiger partial charge in [-0.25, -0.2) is 13.8 Å². The molecule has 0 radical (unpaired) electrons. The van der Waals surface area contributed by atoms with Gasteiger partial charge >= 0.3 is 0 Å². The Bertz CT molecular complexity index is 1200. The highest BCUT2D eigenvalue weighted by molar-refractivity contribution is 14.1. The van der Waals surface area contributed by atoms with Crippen LogP contribution in [0.3, 0.4) is 0 Å². The number of hydrogen-bond acceptors (Lipinski definition) is 4. The Labute approximate surface area is 204 Å². The van der Waals surface area contributed by atoms with Crippen LogP contribution in [0.25, 0.3) is 0 Å². The molecule has 3 aromatic carbocycles. The third-order valence-corrected chi connectivity index (χ3v) is 7.33. The van der Waals surface area contributed by atoms with Crippen LogP contribution in [0.15, 0.2) is 82.8 Å². The van der Waals surface area contributed by atoms with Gasteiger partial charge in [-0.1, -0.05) is 53.5 Å². The van der Waals surface area contributed by atoms with E-state index in [1.165, 1.54) is 36.5 Å². The number of hydrogen-bond donors (Lipinski definition) is 1. The number of amides is 1. The smallest absolute Gasteiger partial charge is 0.264 e. The maximum absolute atomic E-state index is 13.2. The number of anilines is 1. The summed E-state index contributed by atoms with van der Waals surface area (Å²) in [4.78, 5) is 12.5. The Morgan fingerprint density at radius 2 is 1.68 bits per heavy atom. The Kier molecular flexibility index (Phi) is 7.93. The van der Waals surface area contributed by atoms with Gasteiger partial charge in [0.25, 0.3) is 15.9 Å². The summed E-state index contributed by atoms with van der Waals surface area (Å²) in [6.45, 7) is -0.501. The average Bonchev–Trinajstić information content (AvgIpc) is 2.76. The number of sulfonamides is 1. The predicted molar refractivity (Wildman–Crippen MR) is 132 cm³/mol. The van der Waals surface area contributed by atoms with Crippen LogP contribution in [-0.2, 0) is 14.8 Å². The lowest BCUT2D eigenvalue weighted by molar-refractivity contribution is -0.119. The van der Waals surface area contributed by atoms with Gasteiger partial charge in [-0.3, -0.25) is 9.10 Å². The Balaban J connectivity index is 1.85. The zero-order chi connectivity index (χ0) is 22.4. The first kappa shape index (κ1) is 23.5. The number of hydrazone groups is 1. The maximum atomic E-state index is 13.2. The third-order valence-electron chi connectivity index (χ3n) is 4.08. The molecule has 0 aliphatic carbocycles. The molecule has 10 heteroatoms. The van der Waals surface area contributed by atoms with Crippen LogP contribution in [0.2, 0.25) is 10.0 Å². The summed E-state index contributed by atoms with van der Waals surface area (Å²) in [5.74, 6) is -0.618. The number of carbonyl (C=O) groups excluding carboxylic acids is 1. The van der Waals surface area contributed by atoms with Crippen molar-refractivity contribution in [3.05, 3.63) is 92.0 Å². The van der Waals surface area contributed by atoms with E-state index in [0.29, 0.717) is 0 Å². The molecule has 1 N–H and O–H groups in total. The van der Waals surface area contributed by atoms with Gasteiger partial charge in [-0.15, -0.1) is 0 Å². The van der Waals surface area contributed by atoms with Gasteiger partial charge in [0.1, 0.15) is 6.54 Å². The highest BCUT2D eigenvalue weighted by atomic mass is 127. The van der Waals surface area contributed by atoms with E-state index in [2.05, 4.69) is 33.1 Å². The molecular formula is C21H16Cl2IN3O3S. The molecular weight excluding hydrogens is 572 g/mol. The van der Waals surface area contributed by atoms with E-state index in [-0.39, 0.29) is 20.6 Å². The second-order valence-electron chi connectivity index (χ2n) is 6.27. The van der Waals surface area contributed by atoms with Crippen LogP contribution in [-0.4, -0.2) is 27.1 Å². The minimum atomic E-state index is -4.04. The fourth-order valence-electron chi connectivity index (χ4n) is 2.57. The first-order valence-corrected chi connectivity index (χ1v) is 12.1. The lowest BCUT2D eigenvalue weighted by Crippen LogP contribution is -2.39. The van der Waals surface area contributed by atoms with Crippen molar-refractivity contribution in [3.63, 3.8) is 0 Å². The number of benzene rings is 3. The predicted octanol–water partition coefficient (Wildman–Crippen LogP) is 4.94. The molecule has 0 bridgehead atoms. The molecule has 3 aromatic rings. The van der Waals surface area contributed by atoms with E-state index in [1.54, 1.807) is 18.2 Å². The highest BCUT2D eigenvalue weighted by Crippen LogP contribution is 2.30. The van der Waals surface area contributed by atoms with Crippen LogP contribution < -0.4 is 9.73 Å². The van der Waals surface area contributed by atoms with E-state index >= 15 is 0 Å². The Morgan fingerprint density at radius 3 is 2.32 bits per heavy atom. The number of halogens is 3. The highest BCUT2D eigenvalue weighted by Gasteiger charge is 2.27. The van der Waals surface area contributed by atoms with E-state index in [4.69, 9.17) is 23.2 Å². The van der Waals surface area contributed by atoms with E-state index < -0.39 is 22.5 Å². The standard InChI is InChI=1S/C21H16Cl2IN3O3S/c22-19-11-10-17(12-20(19)23)27(31(29,30)18-4-2-1-3-5-18)14-21(28)26-25-13-15-6-8-16(24)9-7-15/h1-13H,14H2,(H,26,28)/b25-13+. The van der Waals surface area contributed by atoms with Crippen LogP contribution in [0, 0.1) is 3.57 Å². The van der Waals surface area contributed by atoms with Crippen molar-refractivity contribution in [3.8, 4) is 0 Å². The van der Waals surface area contributed by atoms with Crippen molar-refractivity contribution in [1.82, 2.24) is 5.43 Å². The molecule has 0 saturated heterocycles. The molecule has 0 saturated carbocycles. The lowest BCUT2D eigenvalue weighted by Gasteiger charge is -2.24. The minimum absolute atomic E-state index is 0.0382. The summed E-state index contributed by atoms with van der Waals surface area (Å²) in [6.07, 6.45) is 1.48. The Hall–Kier alpha value is -2.14. The largest absolute Gasteiger partial charge is 0.271 e. The molecule has 0 spiro atoms. The summed E-state index contributed by atoms with van der Waals surface area (Å²) in [6, 6.07) is 19.7. The van der Waals surface area contributed by atoms with E-state index in [1.807, 2.05) is 24.3 Å². The van der Waals surface area contributed by atoms with Crippen molar-refractivity contribution < 1.29 is 13.2 Å². The topological polar surface area (TPSA) is 78.8 Å². The van der Waals surface area contributed by atoms with Crippen molar-refractivity contribution in [2.75, 3.05) is 10.8 Å². The summed E-state index contributed by atoms with van der Waals surface area (Å²) in [5, 5.41) is 4.35. The van der Waals surface area contributed by atoms with Gasteiger partial charge in [0.05, 0.1) is 26.8 Å². The van der Waals surface area contributed by atoms with Crippen molar-refractivity contribution in [2.24, 2.45) is 5.10 Å². The zero-order valence-electron chi connectivity index (χ0n) is 15.9. The van der Waals surface area contributed by atoms with Gasteiger partial charge in [0.2, 0.25) is 0 Å². The number of nitrogens with one attached hydrogen (secondary N) is 1. The molecule has 31 heavy (non-hydrogen) atoms. The fourth-order valence-corrected chi connectivity index (χ4v) is 4.65. The monoisotopic (exact) mass is 587 g/mol. The maximum Gasteiger partial charge on any atom is 0.264 e. The zero-order valence-corrected chi connectivity index (χ0v) is 20.4. The first-order chi connectivity index (χ1) is 14.8.